The summed E-state index contributed by atoms with van der Waals surface area (Å²) in [6.45, 7) is 4.71. The summed E-state index contributed by atoms with van der Waals surface area (Å²) < 4.78 is 20.7. The van der Waals surface area contributed by atoms with E-state index in [1.165, 1.54) is 0 Å². The van der Waals surface area contributed by atoms with Gasteiger partial charge in [0.15, 0.2) is 5.05 Å². The van der Waals surface area contributed by atoms with Crippen molar-refractivity contribution >= 4 is 16.3 Å². The zero-order valence-electron chi connectivity index (χ0n) is 6.05. The molecule has 0 aliphatic carbocycles. The molecule has 58 valence electrons. The molecule has 1 fully saturated rings. The maximum Gasteiger partial charge on any atom is 0.177 e. The van der Waals surface area contributed by atoms with Crippen molar-refractivity contribution < 1.29 is 13.7 Å². The van der Waals surface area contributed by atoms with Gasteiger partial charge in [0, 0.05) is 0 Å². The fraction of sp³-hybridized carbons (Fsp3) is 0.833. The normalized spacial score (nSPS) is 24.4. The molecular formula is C6H10O3S. The van der Waals surface area contributed by atoms with E-state index in [0.717, 1.165) is 0 Å². The van der Waals surface area contributed by atoms with Crippen molar-refractivity contribution in [2.75, 3.05) is 13.2 Å². The van der Waals surface area contributed by atoms with Gasteiger partial charge in [-0.05, 0) is 13.8 Å². The zero-order valence-corrected chi connectivity index (χ0v) is 6.86. The van der Waals surface area contributed by atoms with Crippen LogP contribution in [0.1, 0.15) is 13.8 Å². The smallest absolute Gasteiger partial charge is 0.177 e. The van der Waals surface area contributed by atoms with Crippen LogP contribution in [0.15, 0.2) is 0 Å². The lowest BCUT2D eigenvalue weighted by Crippen LogP contribution is -2.42. The molecule has 4 heteroatoms. The zero-order chi connectivity index (χ0) is 7.61. The fourth-order valence-corrected chi connectivity index (χ4v) is 1.18. The molecule has 1 saturated heterocycles. The van der Waals surface area contributed by atoms with Gasteiger partial charge in [-0.25, -0.2) is 4.21 Å². The molecule has 0 spiro atoms. The lowest BCUT2D eigenvalue weighted by atomic mass is 10.1. The second-order valence-corrected chi connectivity index (χ2v) is 3.12. The van der Waals surface area contributed by atoms with Crippen molar-refractivity contribution in [1.82, 2.24) is 0 Å². The second kappa shape index (κ2) is 2.82. The van der Waals surface area contributed by atoms with Crippen LogP contribution in [-0.2, 0) is 20.7 Å². The van der Waals surface area contributed by atoms with Gasteiger partial charge in [-0.2, -0.15) is 0 Å². The molecular weight excluding hydrogens is 152 g/mol. The SMILES string of the molecule is CC1(C)OCCOC1=S=O. The van der Waals surface area contributed by atoms with Gasteiger partial charge < -0.3 is 9.47 Å². The molecule has 0 atom stereocenters. The number of hydrogen-bond donors (Lipinski definition) is 0. The van der Waals surface area contributed by atoms with E-state index in [2.05, 4.69) is 0 Å². The van der Waals surface area contributed by atoms with Gasteiger partial charge in [0.2, 0.25) is 0 Å². The lowest BCUT2D eigenvalue weighted by molar-refractivity contribution is -0.0318. The van der Waals surface area contributed by atoms with Crippen molar-refractivity contribution in [2.45, 2.75) is 19.4 Å². The summed E-state index contributed by atoms with van der Waals surface area (Å²) in [6, 6.07) is 0. The molecule has 0 aromatic heterocycles. The Balaban J connectivity index is 2.79. The summed E-state index contributed by atoms with van der Waals surface area (Å²) in [7, 11) is 0. The van der Waals surface area contributed by atoms with E-state index < -0.39 is 5.60 Å². The molecule has 0 amide bonds. The maximum atomic E-state index is 10.4. The predicted octanol–water partition coefficient (Wildman–Crippen LogP) is 0.155. The first-order valence-electron chi connectivity index (χ1n) is 3.11. The highest BCUT2D eigenvalue weighted by Gasteiger charge is 2.30. The minimum Gasteiger partial charge on any atom is -0.365 e. The Morgan fingerprint density at radius 2 is 2.20 bits per heavy atom. The molecule has 0 N–H and O–H groups in total. The Morgan fingerprint density at radius 1 is 1.50 bits per heavy atom. The minimum absolute atomic E-state index is 0.372. The molecule has 0 aromatic rings. The van der Waals surface area contributed by atoms with Crippen LogP contribution >= 0.6 is 0 Å². The third-order valence-corrected chi connectivity index (χ3v) is 2.11. The number of hydrogen-bond acceptors (Lipinski definition) is 3. The Labute approximate surface area is 63.4 Å². The van der Waals surface area contributed by atoms with Crippen LogP contribution in [-0.4, -0.2) is 28.1 Å². The monoisotopic (exact) mass is 162 g/mol. The summed E-state index contributed by atoms with van der Waals surface area (Å²) in [4.78, 5) is 0. The van der Waals surface area contributed by atoms with Gasteiger partial charge in [0.25, 0.3) is 0 Å². The predicted molar refractivity (Wildman–Crippen MR) is 39.1 cm³/mol. The summed E-state index contributed by atoms with van der Waals surface area (Å²) in [5.74, 6) is 0. The highest BCUT2D eigenvalue weighted by molar-refractivity contribution is 7.66. The molecule has 1 aliphatic rings. The quantitative estimate of drug-likeness (QED) is 0.476. The highest BCUT2D eigenvalue weighted by Crippen LogP contribution is 2.15. The van der Waals surface area contributed by atoms with E-state index in [-0.39, 0.29) is 0 Å². The Bertz CT molecular complexity index is 181. The van der Waals surface area contributed by atoms with Gasteiger partial charge >= 0.3 is 0 Å². The average molecular weight is 162 g/mol. The number of rotatable bonds is 0. The molecule has 3 nitrogen and oxygen atoms in total. The summed E-state index contributed by atoms with van der Waals surface area (Å²) in [5.41, 5.74) is -0.509. The molecule has 0 radical (unpaired) electrons. The summed E-state index contributed by atoms with van der Waals surface area (Å²) in [5, 5.41) is 0.429. The first-order valence-corrected chi connectivity index (χ1v) is 3.85. The lowest BCUT2D eigenvalue weighted by Gasteiger charge is -2.29. The average Bonchev–Trinajstić information content (AvgIpc) is 1.87. The van der Waals surface area contributed by atoms with Crippen molar-refractivity contribution in [2.24, 2.45) is 0 Å². The standard InChI is InChI=1S/C6H10O3S/c1-6(2)5(10-7)8-3-4-9-6/h3-4H2,1-2H3. The van der Waals surface area contributed by atoms with Crippen LogP contribution in [0.2, 0.25) is 0 Å². The summed E-state index contributed by atoms with van der Waals surface area (Å²) in [6.07, 6.45) is 0. The van der Waals surface area contributed by atoms with Crippen molar-refractivity contribution in [3.63, 3.8) is 0 Å². The maximum absolute atomic E-state index is 10.4. The van der Waals surface area contributed by atoms with Crippen LogP contribution in [0.25, 0.3) is 0 Å². The van der Waals surface area contributed by atoms with Crippen LogP contribution in [0.5, 0.6) is 0 Å². The second-order valence-electron chi connectivity index (χ2n) is 2.58. The number of ether oxygens (including phenoxy) is 2. The summed E-state index contributed by atoms with van der Waals surface area (Å²) >= 11 is 0.372. The van der Waals surface area contributed by atoms with Gasteiger partial charge in [0.1, 0.15) is 16.9 Å². The highest BCUT2D eigenvalue weighted by atomic mass is 32.1. The van der Waals surface area contributed by atoms with Gasteiger partial charge in [0.05, 0.1) is 13.2 Å². The van der Waals surface area contributed by atoms with Crippen LogP contribution in [0, 0.1) is 0 Å². The molecule has 10 heavy (non-hydrogen) atoms. The molecule has 0 bridgehead atoms. The van der Waals surface area contributed by atoms with Crippen molar-refractivity contribution in [3.05, 3.63) is 0 Å². The third-order valence-electron chi connectivity index (χ3n) is 1.35. The first-order chi connectivity index (χ1) is 4.67. The van der Waals surface area contributed by atoms with Gasteiger partial charge in [-0.1, -0.05) is 0 Å². The van der Waals surface area contributed by atoms with E-state index in [1.807, 2.05) is 13.8 Å². The Morgan fingerprint density at radius 3 is 2.60 bits per heavy atom. The Hall–Kier alpha value is -0.190. The van der Waals surface area contributed by atoms with Crippen LogP contribution in [0.3, 0.4) is 0 Å². The van der Waals surface area contributed by atoms with E-state index in [1.54, 1.807) is 0 Å². The van der Waals surface area contributed by atoms with Crippen molar-refractivity contribution in [1.29, 1.82) is 0 Å². The van der Waals surface area contributed by atoms with E-state index in [9.17, 15) is 4.21 Å². The third kappa shape index (κ3) is 1.45. The molecule has 0 unspecified atom stereocenters. The topological polar surface area (TPSA) is 35.5 Å². The van der Waals surface area contributed by atoms with Gasteiger partial charge in [-0.3, -0.25) is 0 Å². The van der Waals surface area contributed by atoms with E-state index in [4.69, 9.17) is 9.47 Å². The van der Waals surface area contributed by atoms with E-state index in [0.29, 0.717) is 29.5 Å². The fourth-order valence-electron chi connectivity index (χ4n) is 0.788. The minimum atomic E-state index is -0.509. The molecule has 0 saturated carbocycles. The van der Waals surface area contributed by atoms with Crippen LogP contribution in [0.4, 0.5) is 0 Å². The molecule has 1 aliphatic heterocycles. The van der Waals surface area contributed by atoms with E-state index >= 15 is 0 Å². The van der Waals surface area contributed by atoms with Crippen molar-refractivity contribution in [3.8, 4) is 0 Å². The Kier molecular flexibility index (Phi) is 2.23. The van der Waals surface area contributed by atoms with Crippen LogP contribution < -0.4 is 0 Å². The van der Waals surface area contributed by atoms with Gasteiger partial charge in [-0.15, -0.1) is 0 Å². The first kappa shape index (κ1) is 7.91. The molecule has 0 aromatic carbocycles. The largest absolute Gasteiger partial charge is 0.365 e. The molecule has 1 rings (SSSR count). The molecule has 1 heterocycles.